The maximum absolute atomic E-state index is 13.9. The smallest absolute Gasteiger partial charge is 0.221 e. The molecule has 0 aromatic heterocycles. The molecule has 0 saturated carbocycles. The Balaban J connectivity index is 1.29. The van der Waals surface area contributed by atoms with Gasteiger partial charge in [0.1, 0.15) is 13.2 Å². The number of aliphatic imine (C=N–C) groups is 2. The summed E-state index contributed by atoms with van der Waals surface area (Å²) in [6.45, 7) is 0.639. The molecule has 0 unspecified atom stereocenters. The molecule has 0 heterocycles. The van der Waals surface area contributed by atoms with E-state index in [1.807, 2.05) is 121 Å². The Bertz CT molecular complexity index is 1940. The van der Waals surface area contributed by atoms with E-state index in [0.29, 0.717) is 36.4 Å². The zero-order valence-corrected chi connectivity index (χ0v) is 26.3. The first-order valence-corrected chi connectivity index (χ1v) is 16.6. The van der Waals surface area contributed by atoms with Crippen molar-refractivity contribution >= 4 is 33.0 Å². The lowest BCUT2D eigenvalue weighted by Crippen LogP contribution is -2.07. The lowest BCUT2D eigenvalue weighted by atomic mass is 10.2. The van der Waals surface area contributed by atoms with Crippen molar-refractivity contribution < 1.29 is 17.9 Å². The molecular weight excluding hydrogens is 605 g/mol. The van der Waals surface area contributed by atoms with Crippen molar-refractivity contribution in [1.29, 1.82) is 0 Å². The standard InChI is InChI=1S/C40H32N2O4S/c43-47(44,37-25-13-23-35(27-37)41-39(33-19-9-3-10-20-33)45-29-31-15-5-1-6-16-31)38-26-14-24-36(28-38)42-40(34-21-11-4-12-22-34)46-30-32-17-7-2-8-18-32/h1-28H,29-30H2. The molecule has 0 fully saturated rings. The molecule has 6 nitrogen and oxygen atoms in total. The molecule has 0 radical (unpaired) electrons. The van der Waals surface area contributed by atoms with Crippen LogP contribution in [-0.4, -0.2) is 20.2 Å². The fourth-order valence-electron chi connectivity index (χ4n) is 4.78. The maximum Gasteiger partial charge on any atom is 0.221 e. The van der Waals surface area contributed by atoms with Gasteiger partial charge < -0.3 is 9.47 Å². The topological polar surface area (TPSA) is 77.3 Å². The number of rotatable bonds is 10. The van der Waals surface area contributed by atoms with Crippen LogP contribution in [0, 0.1) is 0 Å². The fraction of sp³-hybridized carbons (Fsp3) is 0.0500. The summed E-state index contributed by atoms with van der Waals surface area (Å²) in [5, 5.41) is 0. The van der Waals surface area contributed by atoms with E-state index < -0.39 is 9.84 Å². The predicted molar refractivity (Wildman–Crippen MR) is 186 cm³/mol. The first kappa shape index (κ1) is 31.2. The summed E-state index contributed by atoms with van der Waals surface area (Å²) in [5.41, 5.74) is 4.46. The Morgan fingerprint density at radius 3 is 1.19 bits per heavy atom. The molecule has 0 bridgehead atoms. The summed E-state index contributed by atoms with van der Waals surface area (Å²) in [5.74, 6) is 0.786. The van der Waals surface area contributed by atoms with Crippen LogP contribution in [0.3, 0.4) is 0 Å². The Labute approximate surface area is 275 Å². The Kier molecular flexibility index (Phi) is 9.95. The average molecular weight is 637 g/mol. The molecule has 0 N–H and O–H groups in total. The van der Waals surface area contributed by atoms with Crippen molar-refractivity contribution in [1.82, 2.24) is 0 Å². The molecule has 7 heteroatoms. The molecule has 0 aliphatic rings. The van der Waals surface area contributed by atoms with Crippen LogP contribution >= 0.6 is 0 Å². The van der Waals surface area contributed by atoms with Crippen molar-refractivity contribution in [2.75, 3.05) is 0 Å². The Morgan fingerprint density at radius 2 is 0.809 bits per heavy atom. The molecule has 6 aromatic rings. The second-order valence-corrected chi connectivity index (χ2v) is 12.6. The second kappa shape index (κ2) is 15.0. The minimum Gasteiger partial charge on any atom is -0.472 e. The normalized spacial score (nSPS) is 12.0. The van der Waals surface area contributed by atoms with Crippen LogP contribution < -0.4 is 0 Å². The van der Waals surface area contributed by atoms with Gasteiger partial charge in [-0.05, 0) is 71.8 Å². The largest absolute Gasteiger partial charge is 0.472 e. The van der Waals surface area contributed by atoms with E-state index in [9.17, 15) is 8.42 Å². The van der Waals surface area contributed by atoms with Crippen LogP contribution in [0.1, 0.15) is 22.3 Å². The van der Waals surface area contributed by atoms with Crippen LogP contribution in [0.2, 0.25) is 0 Å². The number of hydrogen-bond acceptors (Lipinski definition) is 6. The SMILES string of the molecule is O=S(=O)(c1cccc(N=C(OCc2ccccc2)c2ccccc2)c1)c1cccc(N=C(OCc2ccccc2)c2ccccc2)c1. The molecule has 6 rings (SSSR count). The highest BCUT2D eigenvalue weighted by Gasteiger charge is 2.19. The van der Waals surface area contributed by atoms with Gasteiger partial charge in [-0.25, -0.2) is 18.4 Å². The van der Waals surface area contributed by atoms with Gasteiger partial charge in [-0.2, -0.15) is 0 Å². The van der Waals surface area contributed by atoms with Gasteiger partial charge in [-0.1, -0.05) is 109 Å². The van der Waals surface area contributed by atoms with Gasteiger partial charge in [0.15, 0.2) is 0 Å². The lowest BCUT2D eigenvalue weighted by molar-refractivity contribution is 0.294. The fourth-order valence-corrected chi connectivity index (χ4v) is 6.12. The molecule has 0 atom stereocenters. The molecule has 6 aromatic carbocycles. The molecule has 0 spiro atoms. The van der Waals surface area contributed by atoms with Crippen molar-refractivity contribution in [3.05, 3.63) is 192 Å². The monoisotopic (exact) mass is 636 g/mol. The van der Waals surface area contributed by atoms with E-state index in [0.717, 1.165) is 22.3 Å². The van der Waals surface area contributed by atoms with E-state index in [1.54, 1.807) is 48.5 Å². The van der Waals surface area contributed by atoms with Gasteiger partial charge in [-0.15, -0.1) is 0 Å². The zero-order valence-electron chi connectivity index (χ0n) is 25.5. The highest BCUT2D eigenvalue weighted by atomic mass is 32.2. The van der Waals surface area contributed by atoms with E-state index in [1.165, 1.54) is 0 Å². The number of benzene rings is 6. The molecule has 0 amide bonds. The van der Waals surface area contributed by atoms with E-state index in [2.05, 4.69) is 0 Å². The first-order valence-electron chi connectivity index (χ1n) is 15.1. The van der Waals surface area contributed by atoms with Crippen LogP contribution in [0.5, 0.6) is 0 Å². The maximum atomic E-state index is 13.9. The van der Waals surface area contributed by atoms with Gasteiger partial charge in [-0.3, -0.25) is 0 Å². The lowest BCUT2D eigenvalue weighted by Gasteiger charge is -2.11. The summed E-state index contributed by atoms with van der Waals surface area (Å²) in [4.78, 5) is 9.70. The quantitative estimate of drug-likeness (QED) is 0.111. The van der Waals surface area contributed by atoms with E-state index in [-0.39, 0.29) is 9.79 Å². The molecule has 0 aliphatic heterocycles. The van der Waals surface area contributed by atoms with E-state index in [4.69, 9.17) is 19.5 Å². The zero-order chi connectivity index (χ0) is 32.3. The Hall–Kier alpha value is -5.79. The van der Waals surface area contributed by atoms with Crippen LogP contribution in [0.4, 0.5) is 11.4 Å². The van der Waals surface area contributed by atoms with Gasteiger partial charge in [0.25, 0.3) is 0 Å². The summed E-state index contributed by atoms with van der Waals surface area (Å²) in [6, 6.07) is 51.8. The third-order valence-electron chi connectivity index (χ3n) is 7.20. The van der Waals surface area contributed by atoms with Crippen LogP contribution in [-0.2, 0) is 32.5 Å². The van der Waals surface area contributed by atoms with Crippen molar-refractivity contribution in [3.8, 4) is 0 Å². The summed E-state index contributed by atoms with van der Waals surface area (Å²) in [6.07, 6.45) is 0. The minimum atomic E-state index is -3.92. The number of nitrogens with zero attached hydrogens (tertiary/aromatic N) is 2. The van der Waals surface area contributed by atoms with E-state index >= 15 is 0 Å². The first-order chi connectivity index (χ1) is 23.0. The highest BCUT2D eigenvalue weighted by Crippen LogP contribution is 2.28. The number of ether oxygens (including phenoxy) is 2. The van der Waals surface area contributed by atoms with Crippen molar-refractivity contribution in [2.24, 2.45) is 9.98 Å². The number of hydrogen-bond donors (Lipinski definition) is 0. The van der Waals surface area contributed by atoms with Crippen LogP contribution in [0.15, 0.2) is 190 Å². The summed E-state index contributed by atoms with van der Waals surface area (Å²) >= 11 is 0. The molecule has 0 aliphatic carbocycles. The molecule has 47 heavy (non-hydrogen) atoms. The number of sulfone groups is 1. The molecule has 0 saturated heterocycles. The molecule has 232 valence electrons. The van der Waals surface area contributed by atoms with Crippen LogP contribution in [0.25, 0.3) is 0 Å². The second-order valence-electron chi connectivity index (χ2n) is 10.6. The highest BCUT2D eigenvalue weighted by molar-refractivity contribution is 7.91. The van der Waals surface area contributed by atoms with Gasteiger partial charge in [0.2, 0.25) is 21.6 Å². The minimum absolute atomic E-state index is 0.110. The van der Waals surface area contributed by atoms with Gasteiger partial charge in [0, 0.05) is 11.1 Å². The van der Waals surface area contributed by atoms with Gasteiger partial charge >= 0.3 is 0 Å². The summed E-state index contributed by atoms with van der Waals surface area (Å²) in [7, 11) is -3.92. The third-order valence-corrected chi connectivity index (χ3v) is 8.94. The average Bonchev–Trinajstić information content (AvgIpc) is 3.13. The van der Waals surface area contributed by atoms with Crippen molar-refractivity contribution in [2.45, 2.75) is 23.0 Å². The molecular formula is C40H32N2O4S. The van der Waals surface area contributed by atoms with Gasteiger partial charge in [0.05, 0.1) is 21.2 Å². The Morgan fingerprint density at radius 1 is 0.447 bits per heavy atom. The third kappa shape index (κ3) is 8.28. The predicted octanol–water partition coefficient (Wildman–Crippen LogP) is 9.11. The summed E-state index contributed by atoms with van der Waals surface area (Å²) < 4.78 is 40.1. The van der Waals surface area contributed by atoms with Crippen molar-refractivity contribution in [3.63, 3.8) is 0 Å².